The molecule has 0 aliphatic carbocycles. The molecule has 0 saturated carbocycles. The fourth-order valence-electron chi connectivity index (χ4n) is 9.54. The smallest absolute Gasteiger partial charge is 0.306 e. The van der Waals surface area contributed by atoms with E-state index in [1.54, 1.807) is 0 Å². The molecule has 0 aliphatic heterocycles. The first-order valence-corrected chi connectivity index (χ1v) is 31.2. The average molecular weight is 1010 g/mol. The second kappa shape index (κ2) is 54.5. The van der Waals surface area contributed by atoms with E-state index in [1.165, 1.54) is 257 Å². The molecule has 0 heterocycles. The van der Waals surface area contributed by atoms with E-state index in [1.807, 2.05) is 21.1 Å². The molecule has 2 unspecified atom stereocenters. The van der Waals surface area contributed by atoms with E-state index in [4.69, 9.17) is 18.9 Å². The molecule has 0 spiro atoms. The first-order chi connectivity index (χ1) is 34.6. The summed E-state index contributed by atoms with van der Waals surface area (Å²) in [6, 6.07) is 0. The van der Waals surface area contributed by atoms with Gasteiger partial charge in [0.05, 0.1) is 40.3 Å². The minimum atomic E-state index is -1.61. The zero-order chi connectivity index (χ0) is 52.0. The lowest BCUT2D eigenvalue weighted by atomic mass is 10.0. The Morgan fingerprint density at radius 1 is 0.366 bits per heavy atom. The van der Waals surface area contributed by atoms with Crippen molar-refractivity contribution in [2.75, 3.05) is 47.5 Å². The molecular weight excluding hydrogens is 887 g/mol. The van der Waals surface area contributed by atoms with Crippen molar-refractivity contribution in [3.05, 3.63) is 0 Å². The van der Waals surface area contributed by atoms with Gasteiger partial charge in [-0.2, -0.15) is 0 Å². The van der Waals surface area contributed by atoms with Gasteiger partial charge in [0.25, 0.3) is 0 Å². The highest BCUT2D eigenvalue weighted by Gasteiger charge is 2.22. The van der Waals surface area contributed by atoms with E-state index in [2.05, 4.69) is 13.8 Å². The van der Waals surface area contributed by atoms with Crippen LogP contribution in [0.15, 0.2) is 0 Å². The minimum absolute atomic E-state index is 0.153. The number of likely N-dealkylation sites (N-methyl/N-ethyl adjacent to an activating group) is 1. The summed E-state index contributed by atoms with van der Waals surface area (Å²) in [7, 11) is 5.94. The Kier molecular flexibility index (Phi) is 53.2. The van der Waals surface area contributed by atoms with Gasteiger partial charge in [-0.3, -0.25) is 9.59 Å². The molecule has 2 atom stereocenters. The third-order valence-corrected chi connectivity index (χ3v) is 14.4. The highest BCUT2D eigenvalue weighted by molar-refractivity contribution is 5.70. The summed E-state index contributed by atoms with van der Waals surface area (Å²) in [5.41, 5.74) is 0. The molecule has 0 amide bonds. The molecule has 0 N–H and O–H groups in total. The van der Waals surface area contributed by atoms with Gasteiger partial charge in [-0.15, -0.1) is 0 Å². The van der Waals surface area contributed by atoms with Crippen LogP contribution in [0.3, 0.4) is 0 Å². The van der Waals surface area contributed by atoms with E-state index in [0.29, 0.717) is 17.4 Å². The van der Waals surface area contributed by atoms with Crippen molar-refractivity contribution in [3.63, 3.8) is 0 Å². The van der Waals surface area contributed by atoms with Crippen molar-refractivity contribution in [3.8, 4) is 0 Å². The van der Waals surface area contributed by atoms with E-state index in [-0.39, 0.29) is 32.2 Å². The SMILES string of the molecule is CCCCCCCCCCCCCCCCCCCCCCCCCCCCC(=O)OC(COC(=O)CCCCCCCCCCCCCCCCCCCCCC)COC(OCC[N+](C)(C)C)C(=O)[O-]. The van der Waals surface area contributed by atoms with E-state index in [0.717, 1.165) is 38.5 Å². The number of ether oxygens (including phenoxy) is 4. The van der Waals surface area contributed by atoms with Crippen LogP contribution >= 0.6 is 0 Å². The summed E-state index contributed by atoms with van der Waals surface area (Å²) in [5.74, 6) is -2.25. The zero-order valence-corrected chi connectivity index (χ0v) is 48.1. The summed E-state index contributed by atoms with van der Waals surface area (Å²) >= 11 is 0. The molecule has 0 aromatic carbocycles. The lowest BCUT2D eigenvalue weighted by Gasteiger charge is -2.26. The number of esters is 2. The molecule has 71 heavy (non-hydrogen) atoms. The zero-order valence-electron chi connectivity index (χ0n) is 48.1. The van der Waals surface area contributed by atoms with Crippen molar-refractivity contribution in [2.45, 2.75) is 334 Å². The maximum atomic E-state index is 12.9. The Morgan fingerprint density at radius 3 is 0.901 bits per heavy atom. The Morgan fingerprint density at radius 2 is 0.634 bits per heavy atom. The van der Waals surface area contributed by atoms with E-state index in [9.17, 15) is 19.5 Å². The molecule has 9 nitrogen and oxygen atoms in total. The molecule has 0 fully saturated rings. The van der Waals surface area contributed by atoms with Gasteiger partial charge in [0, 0.05) is 12.8 Å². The predicted octanol–water partition coefficient (Wildman–Crippen LogP) is 17.0. The number of aliphatic carboxylic acids is 1. The third-order valence-electron chi connectivity index (χ3n) is 14.4. The summed E-state index contributed by atoms with van der Waals surface area (Å²) in [5, 5.41) is 11.8. The van der Waals surface area contributed by atoms with Crippen molar-refractivity contribution in [1.29, 1.82) is 0 Å². The second-order valence-corrected chi connectivity index (χ2v) is 22.7. The monoisotopic (exact) mass is 1010 g/mol. The first kappa shape index (κ1) is 69.3. The topological polar surface area (TPSA) is 111 Å². The van der Waals surface area contributed by atoms with Crippen LogP contribution in [-0.4, -0.2) is 82.3 Å². The predicted molar refractivity (Wildman–Crippen MR) is 297 cm³/mol. The Balaban J connectivity index is 4.13. The Hall–Kier alpha value is -1.71. The third kappa shape index (κ3) is 55.9. The van der Waals surface area contributed by atoms with Gasteiger partial charge in [-0.25, -0.2) is 0 Å². The molecule has 0 aliphatic rings. The molecule has 0 aromatic rings. The fraction of sp³-hybridized carbons (Fsp3) is 0.952. The maximum Gasteiger partial charge on any atom is 0.306 e. The van der Waals surface area contributed by atoms with Crippen LogP contribution in [0.5, 0.6) is 0 Å². The van der Waals surface area contributed by atoms with Gasteiger partial charge < -0.3 is 33.3 Å². The number of quaternary nitrogens is 1. The fourth-order valence-corrected chi connectivity index (χ4v) is 9.54. The number of carboxylic acid groups (broad SMARTS) is 1. The van der Waals surface area contributed by atoms with Crippen LogP contribution in [0.1, 0.15) is 322 Å². The molecule has 0 saturated heterocycles. The number of carbonyl (C=O) groups excluding carboxylic acids is 3. The summed E-state index contributed by atoms with van der Waals surface area (Å²) < 4.78 is 22.8. The largest absolute Gasteiger partial charge is 0.545 e. The number of carboxylic acids is 1. The first-order valence-electron chi connectivity index (χ1n) is 31.2. The number of rotatable bonds is 59. The van der Waals surface area contributed by atoms with Crippen molar-refractivity contribution < 1.29 is 42.9 Å². The number of carbonyl (C=O) groups is 3. The standard InChI is InChI=1S/C62H121NO8/c1-6-8-10-12-14-16-18-20-22-24-26-28-29-30-31-32-33-35-37-39-41-43-45-47-49-51-53-60(65)71-58(57-70-62(61(66)67)68-55-54-63(3,4)5)56-69-59(64)52-50-48-46-44-42-40-38-36-34-27-25-23-21-19-17-15-13-11-9-7-2/h58,62H,6-57H2,1-5H3. The van der Waals surface area contributed by atoms with E-state index < -0.39 is 24.3 Å². The Bertz CT molecular complexity index is 1130. The maximum absolute atomic E-state index is 12.9. The lowest BCUT2D eigenvalue weighted by molar-refractivity contribution is -0.870. The van der Waals surface area contributed by atoms with Gasteiger partial charge in [-0.05, 0) is 12.8 Å². The summed E-state index contributed by atoms with van der Waals surface area (Å²) in [6.07, 6.45) is 58.8. The van der Waals surface area contributed by atoms with Crippen LogP contribution in [0.2, 0.25) is 0 Å². The second-order valence-electron chi connectivity index (χ2n) is 22.7. The quantitative estimate of drug-likeness (QED) is 0.0256. The molecule has 0 radical (unpaired) electrons. The molecule has 0 aromatic heterocycles. The lowest BCUT2D eigenvalue weighted by Crippen LogP contribution is -2.44. The average Bonchev–Trinajstić information content (AvgIpc) is 3.34. The van der Waals surface area contributed by atoms with Crippen molar-refractivity contribution >= 4 is 17.9 Å². The molecule has 422 valence electrons. The van der Waals surface area contributed by atoms with Crippen molar-refractivity contribution in [2.24, 2.45) is 0 Å². The van der Waals surface area contributed by atoms with Crippen LogP contribution in [-0.2, 0) is 33.3 Å². The normalized spacial score (nSPS) is 12.6. The molecule has 0 bridgehead atoms. The van der Waals surface area contributed by atoms with Gasteiger partial charge in [0.2, 0.25) is 0 Å². The van der Waals surface area contributed by atoms with Crippen LogP contribution < -0.4 is 5.11 Å². The van der Waals surface area contributed by atoms with Gasteiger partial charge in [-0.1, -0.05) is 296 Å². The van der Waals surface area contributed by atoms with Crippen molar-refractivity contribution in [1.82, 2.24) is 0 Å². The molecule has 0 rings (SSSR count). The summed E-state index contributed by atoms with van der Waals surface area (Å²) in [4.78, 5) is 37.3. The Labute approximate surface area is 441 Å². The number of hydrogen-bond acceptors (Lipinski definition) is 8. The van der Waals surface area contributed by atoms with Gasteiger partial charge >= 0.3 is 11.9 Å². The van der Waals surface area contributed by atoms with Crippen LogP contribution in [0, 0.1) is 0 Å². The number of nitrogens with zero attached hydrogens (tertiary/aromatic N) is 1. The summed E-state index contributed by atoms with van der Waals surface area (Å²) in [6.45, 7) is 4.83. The van der Waals surface area contributed by atoms with Gasteiger partial charge in [0.1, 0.15) is 13.2 Å². The van der Waals surface area contributed by atoms with Crippen LogP contribution in [0.4, 0.5) is 0 Å². The van der Waals surface area contributed by atoms with E-state index >= 15 is 0 Å². The molecule has 9 heteroatoms. The molecular formula is C62H121NO8. The number of unbranched alkanes of at least 4 members (excludes halogenated alkanes) is 44. The minimum Gasteiger partial charge on any atom is -0.545 e. The highest BCUT2D eigenvalue weighted by atomic mass is 16.7. The number of hydrogen-bond donors (Lipinski definition) is 0. The van der Waals surface area contributed by atoms with Gasteiger partial charge in [0.15, 0.2) is 12.4 Å². The highest BCUT2D eigenvalue weighted by Crippen LogP contribution is 2.18. The van der Waals surface area contributed by atoms with Crippen LogP contribution in [0.25, 0.3) is 0 Å².